The number of rotatable bonds is 8. The third-order valence-electron chi connectivity index (χ3n) is 7.66. The number of hydrogen-bond donors (Lipinski definition) is 4. The van der Waals surface area contributed by atoms with Crippen molar-refractivity contribution in [3.63, 3.8) is 0 Å². The van der Waals surface area contributed by atoms with Gasteiger partial charge >= 0.3 is 5.69 Å². The molecular formula is C25H33N5O3. The fourth-order valence-corrected chi connectivity index (χ4v) is 5.58. The molecule has 8 nitrogen and oxygen atoms in total. The minimum absolute atomic E-state index is 0.0837. The third kappa shape index (κ3) is 4.06. The number of aryl methyl sites for hydroxylation is 1. The number of aliphatic hydroxyl groups is 2. The first kappa shape index (κ1) is 22.1. The van der Waals surface area contributed by atoms with E-state index in [1.165, 1.54) is 0 Å². The number of imidazole rings is 1. The Hall–Kier alpha value is -2.71. The Balaban J connectivity index is 1.53. The van der Waals surface area contributed by atoms with E-state index in [1.54, 1.807) is 4.57 Å². The number of nitrogens with one attached hydrogen (secondary N) is 2. The zero-order valence-corrected chi connectivity index (χ0v) is 19.2. The Morgan fingerprint density at radius 2 is 1.82 bits per heavy atom. The van der Waals surface area contributed by atoms with Crippen LogP contribution in [0.25, 0.3) is 11.2 Å². The predicted molar refractivity (Wildman–Crippen MR) is 127 cm³/mol. The molecule has 3 aliphatic carbocycles. The third-order valence-corrected chi connectivity index (χ3v) is 7.66. The number of aliphatic hydroxyl groups excluding tert-OH is 1. The molecule has 176 valence electrons. The van der Waals surface area contributed by atoms with Crippen molar-refractivity contribution in [3.8, 4) is 0 Å². The Kier molecular flexibility index (Phi) is 5.74. The second-order valence-electron chi connectivity index (χ2n) is 9.90. The van der Waals surface area contributed by atoms with Crippen LogP contribution in [0.2, 0.25) is 0 Å². The van der Waals surface area contributed by atoms with Crippen LogP contribution in [0.5, 0.6) is 0 Å². The van der Waals surface area contributed by atoms with Gasteiger partial charge in [-0.25, -0.2) is 9.78 Å². The zero-order chi connectivity index (χ0) is 23.1. The molecule has 3 aromatic rings. The minimum atomic E-state index is -0.516. The molecule has 0 radical (unpaired) electrons. The maximum Gasteiger partial charge on any atom is 0.351 e. The number of hydrogen-bond acceptors (Lipinski definition) is 6. The van der Waals surface area contributed by atoms with Gasteiger partial charge in [-0.15, -0.1) is 0 Å². The van der Waals surface area contributed by atoms with Crippen LogP contribution in [0.4, 0.5) is 5.82 Å². The molecule has 2 heterocycles. The van der Waals surface area contributed by atoms with E-state index >= 15 is 0 Å². The lowest BCUT2D eigenvalue weighted by Gasteiger charge is -2.49. The van der Waals surface area contributed by atoms with E-state index in [4.69, 9.17) is 4.98 Å². The first-order valence-electron chi connectivity index (χ1n) is 12.1. The van der Waals surface area contributed by atoms with E-state index in [0.717, 1.165) is 56.3 Å². The maximum absolute atomic E-state index is 12.9. The van der Waals surface area contributed by atoms with Gasteiger partial charge in [0.15, 0.2) is 11.5 Å². The van der Waals surface area contributed by atoms with Gasteiger partial charge in [-0.3, -0.25) is 4.57 Å². The highest BCUT2D eigenvalue weighted by molar-refractivity contribution is 5.83. The second kappa shape index (κ2) is 8.57. The van der Waals surface area contributed by atoms with Crippen LogP contribution < -0.4 is 11.0 Å². The molecule has 0 saturated heterocycles. The Bertz CT molecular complexity index is 1160. The number of nitrogens with zero attached hydrogens (tertiary/aromatic N) is 3. The lowest BCUT2D eigenvalue weighted by Crippen LogP contribution is -2.48. The van der Waals surface area contributed by atoms with Crippen molar-refractivity contribution >= 4 is 17.0 Å². The van der Waals surface area contributed by atoms with Gasteiger partial charge < -0.3 is 20.5 Å². The highest BCUT2D eigenvalue weighted by atomic mass is 16.3. The molecule has 0 spiro atoms. The van der Waals surface area contributed by atoms with Crippen molar-refractivity contribution < 1.29 is 10.2 Å². The maximum atomic E-state index is 12.9. The molecule has 3 saturated carbocycles. The van der Waals surface area contributed by atoms with Crippen molar-refractivity contribution in [2.45, 2.75) is 81.9 Å². The molecule has 1 aromatic carbocycles. The molecule has 33 heavy (non-hydrogen) atoms. The average Bonchev–Trinajstić information content (AvgIpc) is 3.29. The van der Waals surface area contributed by atoms with Crippen molar-refractivity contribution in [2.24, 2.45) is 0 Å². The average molecular weight is 452 g/mol. The highest BCUT2D eigenvalue weighted by Crippen LogP contribution is 2.53. The topological polar surface area (TPSA) is 116 Å². The van der Waals surface area contributed by atoms with Gasteiger partial charge in [0.05, 0.1) is 18.2 Å². The number of aromatic amines is 1. The lowest BCUT2D eigenvalue weighted by molar-refractivity contribution is -0.0677. The first-order valence-corrected chi connectivity index (χ1v) is 12.1. The number of benzene rings is 1. The van der Waals surface area contributed by atoms with Gasteiger partial charge in [0.2, 0.25) is 0 Å². The van der Waals surface area contributed by atoms with Gasteiger partial charge in [0.1, 0.15) is 11.3 Å². The van der Waals surface area contributed by atoms with Gasteiger partial charge in [-0.2, -0.15) is 4.98 Å². The smallest absolute Gasteiger partial charge is 0.351 e. The summed E-state index contributed by atoms with van der Waals surface area (Å²) in [6.45, 7) is 2.49. The molecule has 1 atom stereocenters. The second-order valence-corrected chi connectivity index (χ2v) is 9.90. The molecule has 3 aliphatic rings. The summed E-state index contributed by atoms with van der Waals surface area (Å²) in [5.41, 5.74) is 1.49. The van der Waals surface area contributed by atoms with E-state index in [1.807, 2.05) is 37.3 Å². The monoisotopic (exact) mass is 451 g/mol. The van der Waals surface area contributed by atoms with Crippen LogP contribution in [0.15, 0.2) is 35.1 Å². The van der Waals surface area contributed by atoms with Gasteiger partial charge in [-0.05, 0) is 56.9 Å². The van der Waals surface area contributed by atoms with E-state index in [9.17, 15) is 15.0 Å². The molecule has 0 aliphatic heterocycles. The molecule has 3 fully saturated rings. The van der Waals surface area contributed by atoms with Crippen molar-refractivity contribution in [2.75, 3.05) is 11.9 Å². The lowest BCUT2D eigenvalue weighted by atomic mass is 9.58. The van der Waals surface area contributed by atoms with Crippen molar-refractivity contribution in [1.82, 2.24) is 19.5 Å². The summed E-state index contributed by atoms with van der Waals surface area (Å²) in [7, 11) is 0. The van der Waals surface area contributed by atoms with Crippen molar-refractivity contribution in [1.29, 1.82) is 0 Å². The SMILES string of the molecule is CCCn1c(=O)nc(N[C@@H](CO)Cc2ccccc2)c2[nH]c(C34CCC(O)(CC3)CC4)nc21. The minimum Gasteiger partial charge on any atom is -0.394 e. The van der Waals surface area contributed by atoms with Gasteiger partial charge in [-0.1, -0.05) is 37.3 Å². The predicted octanol–water partition coefficient (Wildman–Crippen LogP) is 2.88. The molecular weight excluding hydrogens is 418 g/mol. The normalized spacial score (nSPS) is 25.4. The molecule has 8 heteroatoms. The largest absolute Gasteiger partial charge is 0.394 e. The number of fused-ring (bicyclic) bond motifs is 4. The standard InChI is InChI=1S/C25H33N5O3/c1-2-14-30-21-19(27-22(29-21)24-8-11-25(33,12-9-24)13-10-24)20(28-23(30)32)26-18(16-31)15-17-6-4-3-5-7-17/h3-7,18,31,33H,2,8-16H2,1H3,(H,27,29)(H,26,28,32)/t18-,24?,25?/m1/s1. The van der Waals surface area contributed by atoms with Gasteiger partial charge in [0.25, 0.3) is 0 Å². The Morgan fingerprint density at radius 3 is 2.45 bits per heavy atom. The Morgan fingerprint density at radius 1 is 1.12 bits per heavy atom. The van der Waals surface area contributed by atoms with Crippen LogP contribution in [-0.2, 0) is 18.4 Å². The summed E-state index contributed by atoms with van der Waals surface area (Å²) >= 11 is 0. The van der Waals surface area contributed by atoms with Crippen molar-refractivity contribution in [3.05, 3.63) is 52.2 Å². The fourth-order valence-electron chi connectivity index (χ4n) is 5.58. The molecule has 0 unspecified atom stereocenters. The summed E-state index contributed by atoms with van der Waals surface area (Å²) in [6.07, 6.45) is 6.47. The molecule has 2 aromatic heterocycles. The molecule has 2 bridgehead atoms. The number of H-pyrrole nitrogens is 1. The number of anilines is 1. The van der Waals surface area contributed by atoms with E-state index in [2.05, 4.69) is 15.3 Å². The summed E-state index contributed by atoms with van der Waals surface area (Å²) in [6, 6.07) is 9.67. The first-order chi connectivity index (χ1) is 16.0. The summed E-state index contributed by atoms with van der Waals surface area (Å²) in [5.74, 6) is 1.33. The Labute approximate surface area is 193 Å². The van der Waals surface area contributed by atoms with Crippen LogP contribution in [-0.4, -0.2) is 48.0 Å². The zero-order valence-electron chi connectivity index (χ0n) is 19.2. The summed E-state index contributed by atoms with van der Waals surface area (Å²) in [5, 5.41) is 24.0. The highest BCUT2D eigenvalue weighted by Gasteiger charge is 2.50. The van der Waals surface area contributed by atoms with Gasteiger partial charge in [0, 0.05) is 12.0 Å². The van der Waals surface area contributed by atoms with E-state index in [-0.39, 0.29) is 23.8 Å². The van der Waals surface area contributed by atoms with Crippen LogP contribution in [0, 0.1) is 0 Å². The van der Waals surface area contributed by atoms with Crippen LogP contribution in [0.1, 0.15) is 63.3 Å². The summed E-state index contributed by atoms with van der Waals surface area (Å²) in [4.78, 5) is 25.8. The molecule has 0 amide bonds. The quantitative estimate of drug-likeness (QED) is 0.419. The van der Waals surface area contributed by atoms with E-state index < -0.39 is 5.60 Å². The van der Waals surface area contributed by atoms with Crippen LogP contribution in [0.3, 0.4) is 0 Å². The molecule has 4 N–H and O–H groups in total. The fraction of sp³-hybridized carbons (Fsp3) is 0.560. The van der Waals surface area contributed by atoms with E-state index in [0.29, 0.717) is 29.9 Å². The molecule has 6 rings (SSSR count). The van der Waals surface area contributed by atoms with Crippen LogP contribution >= 0.6 is 0 Å². The number of aromatic nitrogens is 4. The summed E-state index contributed by atoms with van der Waals surface area (Å²) < 4.78 is 1.64.